The maximum Gasteiger partial charge on any atom is 0.250 e. The number of carbonyl (C=O) groups excluding carboxylic acids is 2. The molecule has 0 radical (unpaired) electrons. The Morgan fingerprint density at radius 3 is 2.81 bits per heavy atom. The van der Waals surface area contributed by atoms with Gasteiger partial charge in [-0.05, 0) is 25.0 Å². The zero-order valence-electron chi connectivity index (χ0n) is 12.2. The molecule has 1 fully saturated rings. The summed E-state index contributed by atoms with van der Waals surface area (Å²) in [6.45, 7) is 2.34. The standard InChI is InChI=1S/C15H18N4O2/c1-9(20)19-8-4-7-12(19)15-17-13-10(14(16)21)5-3-6-11(13)18(15)2/h3,5-6,12H,4,7-8H2,1-2H3,(H2,16,21). The summed E-state index contributed by atoms with van der Waals surface area (Å²) in [4.78, 5) is 29.7. The number of rotatable bonds is 2. The number of imidazole rings is 1. The van der Waals surface area contributed by atoms with Gasteiger partial charge in [-0.1, -0.05) is 6.07 Å². The molecule has 1 saturated heterocycles. The van der Waals surface area contributed by atoms with E-state index in [1.165, 1.54) is 0 Å². The van der Waals surface area contributed by atoms with Crippen LogP contribution in [0.4, 0.5) is 0 Å². The van der Waals surface area contributed by atoms with E-state index in [1.54, 1.807) is 19.1 Å². The number of likely N-dealkylation sites (tertiary alicyclic amines) is 1. The third-order valence-corrected chi connectivity index (χ3v) is 4.17. The topological polar surface area (TPSA) is 81.2 Å². The van der Waals surface area contributed by atoms with Gasteiger partial charge in [-0.25, -0.2) is 4.98 Å². The van der Waals surface area contributed by atoms with Crippen molar-refractivity contribution >= 4 is 22.8 Å². The Morgan fingerprint density at radius 1 is 1.38 bits per heavy atom. The predicted molar refractivity (Wildman–Crippen MR) is 78.6 cm³/mol. The van der Waals surface area contributed by atoms with Gasteiger partial charge in [0.1, 0.15) is 11.3 Å². The van der Waals surface area contributed by atoms with Crippen LogP contribution in [0.5, 0.6) is 0 Å². The summed E-state index contributed by atoms with van der Waals surface area (Å²) in [6, 6.07) is 5.36. The molecule has 2 amide bonds. The average molecular weight is 286 g/mol. The van der Waals surface area contributed by atoms with Gasteiger partial charge < -0.3 is 15.2 Å². The molecule has 1 aliphatic rings. The zero-order valence-corrected chi connectivity index (χ0v) is 12.2. The fourth-order valence-electron chi connectivity index (χ4n) is 3.14. The maximum atomic E-state index is 11.7. The first-order chi connectivity index (χ1) is 10.0. The predicted octanol–water partition coefficient (Wildman–Crippen LogP) is 1.36. The molecule has 1 aromatic heterocycles. The van der Waals surface area contributed by atoms with Crippen LogP contribution in [0.2, 0.25) is 0 Å². The second kappa shape index (κ2) is 4.87. The van der Waals surface area contributed by atoms with Gasteiger partial charge in [0.15, 0.2) is 0 Å². The van der Waals surface area contributed by atoms with Crippen LogP contribution in [0, 0.1) is 0 Å². The SMILES string of the molecule is CC(=O)N1CCCC1c1nc2c(C(N)=O)cccc2n1C. The van der Waals surface area contributed by atoms with E-state index in [0.29, 0.717) is 11.1 Å². The lowest BCUT2D eigenvalue weighted by molar-refractivity contribution is -0.129. The van der Waals surface area contributed by atoms with Crippen molar-refractivity contribution in [2.75, 3.05) is 6.54 Å². The molecule has 6 nitrogen and oxygen atoms in total. The number of nitrogens with zero attached hydrogens (tertiary/aromatic N) is 3. The van der Waals surface area contributed by atoms with Crippen LogP contribution in [-0.4, -0.2) is 32.8 Å². The smallest absolute Gasteiger partial charge is 0.250 e. The lowest BCUT2D eigenvalue weighted by atomic mass is 10.2. The number of amides is 2. The van der Waals surface area contributed by atoms with Gasteiger partial charge in [-0.2, -0.15) is 0 Å². The molecule has 1 atom stereocenters. The minimum Gasteiger partial charge on any atom is -0.366 e. The highest BCUT2D eigenvalue weighted by Crippen LogP contribution is 2.33. The maximum absolute atomic E-state index is 11.7. The van der Waals surface area contributed by atoms with Gasteiger partial charge in [0.2, 0.25) is 5.91 Å². The molecular formula is C15H18N4O2. The van der Waals surface area contributed by atoms with Gasteiger partial charge in [0.25, 0.3) is 5.91 Å². The van der Waals surface area contributed by atoms with E-state index in [2.05, 4.69) is 4.98 Å². The van der Waals surface area contributed by atoms with Crippen molar-refractivity contribution in [3.05, 3.63) is 29.6 Å². The Labute approximate surface area is 122 Å². The number of hydrogen-bond donors (Lipinski definition) is 1. The lowest BCUT2D eigenvalue weighted by Crippen LogP contribution is -2.29. The van der Waals surface area contributed by atoms with Gasteiger partial charge in [0.05, 0.1) is 17.1 Å². The number of nitrogens with two attached hydrogens (primary N) is 1. The third kappa shape index (κ3) is 2.07. The number of hydrogen-bond acceptors (Lipinski definition) is 3. The second-order valence-electron chi connectivity index (χ2n) is 5.44. The van der Waals surface area contributed by atoms with Crippen LogP contribution in [0.25, 0.3) is 11.0 Å². The van der Waals surface area contributed by atoms with E-state index in [1.807, 2.05) is 22.6 Å². The lowest BCUT2D eigenvalue weighted by Gasteiger charge is -2.22. The van der Waals surface area contributed by atoms with Crippen LogP contribution in [0.1, 0.15) is 42.0 Å². The third-order valence-electron chi connectivity index (χ3n) is 4.17. The van der Waals surface area contributed by atoms with Gasteiger partial charge in [0, 0.05) is 20.5 Å². The molecule has 6 heteroatoms. The van der Waals surface area contributed by atoms with E-state index < -0.39 is 5.91 Å². The number of carbonyl (C=O) groups is 2. The molecule has 2 N–H and O–H groups in total. The highest BCUT2D eigenvalue weighted by atomic mass is 16.2. The van der Waals surface area contributed by atoms with Crippen molar-refractivity contribution in [1.82, 2.24) is 14.5 Å². The summed E-state index contributed by atoms with van der Waals surface area (Å²) in [5.41, 5.74) is 7.30. The quantitative estimate of drug-likeness (QED) is 0.905. The Balaban J connectivity index is 2.16. The minimum atomic E-state index is -0.486. The monoisotopic (exact) mass is 286 g/mol. The molecule has 0 spiro atoms. The Morgan fingerprint density at radius 2 is 2.14 bits per heavy atom. The first kappa shape index (κ1) is 13.6. The summed E-state index contributed by atoms with van der Waals surface area (Å²) < 4.78 is 1.95. The van der Waals surface area contributed by atoms with Crippen molar-refractivity contribution in [3.8, 4) is 0 Å². The van der Waals surface area contributed by atoms with Gasteiger partial charge in [-0.3, -0.25) is 9.59 Å². The van der Waals surface area contributed by atoms with Gasteiger partial charge in [-0.15, -0.1) is 0 Å². The number of benzene rings is 1. The van der Waals surface area contributed by atoms with E-state index in [-0.39, 0.29) is 11.9 Å². The average Bonchev–Trinajstić information content (AvgIpc) is 3.03. The Hall–Kier alpha value is -2.37. The molecule has 110 valence electrons. The first-order valence-corrected chi connectivity index (χ1v) is 7.03. The highest BCUT2D eigenvalue weighted by molar-refractivity contribution is 6.04. The largest absolute Gasteiger partial charge is 0.366 e. The van der Waals surface area contributed by atoms with Crippen molar-refractivity contribution in [2.24, 2.45) is 12.8 Å². The number of aromatic nitrogens is 2. The van der Waals surface area contributed by atoms with Crippen molar-refractivity contribution in [1.29, 1.82) is 0 Å². The number of aryl methyl sites for hydroxylation is 1. The van der Waals surface area contributed by atoms with E-state index in [9.17, 15) is 9.59 Å². The summed E-state index contributed by atoms with van der Waals surface area (Å²) in [5, 5.41) is 0. The molecule has 0 saturated carbocycles. The molecule has 0 aliphatic carbocycles. The van der Waals surface area contributed by atoms with Crippen LogP contribution >= 0.6 is 0 Å². The number of para-hydroxylation sites is 1. The second-order valence-corrected chi connectivity index (χ2v) is 5.44. The molecule has 3 rings (SSSR count). The molecule has 21 heavy (non-hydrogen) atoms. The van der Waals surface area contributed by atoms with Gasteiger partial charge >= 0.3 is 0 Å². The Bertz CT molecular complexity index is 735. The van der Waals surface area contributed by atoms with Crippen LogP contribution in [-0.2, 0) is 11.8 Å². The van der Waals surface area contributed by atoms with E-state index in [4.69, 9.17) is 5.73 Å². The molecule has 1 unspecified atom stereocenters. The summed E-state index contributed by atoms with van der Waals surface area (Å²) in [7, 11) is 1.91. The van der Waals surface area contributed by atoms with Crippen molar-refractivity contribution in [2.45, 2.75) is 25.8 Å². The Kier molecular flexibility index (Phi) is 3.16. The van der Waals surface area contributed by atoms with Crippen molar-refractivity contribution in [3.63, 3.8) is 0 Å². The fourth-order valence-corrected chi connectivity index (χ4v) is 3.14. The number of fused-ring (bicyclic) bond motifs is 1. The summed E-state index contributed by atoms with van der Waals surface area (Å²) >= 11 is 0. The summed E-state index contributed by atoms with van der Waals surface area (Å²) in [5.74, 6) is 0.381. The molecule has 1 aliphatic heterocycles. The summed E-state index contributed by atoms with van der Waals surface area (Å²) in [6.07, 6.45) is 1.86. The van der Waals surface area contributed by atoms with E-state index >= 15 is 0 Å². The first-order valence-electron chi connectivity index (χ1n) is 7.03. The van der Waals surface area contributed by atoms with Crippen LogP contribution < -0.4 is 5.73 Å². The molecule has 2 aromatic rings. The van der Waals surface area contributed by atoms with Crippen LogP contribution in [0.15, 0.2) is 18.2 Å². The van der Waals surface area contributed by atoms with Crippen molar-refractivity contribution < 1.29 is 9.59 Å². The minimum absolute atomic E-state index is 0.0272. The molecular weight excluding hydrogens is 268 g/mol. The molecule has 1 aromatic carbocycles. The normalized spacial score (nSPS) is 18.4. The van der Waals surface area contributed by atoms with Crippen LogP contribution in [0.3, 0.4) is 0 Å². The fraction of sp³-hybridized carbons (Fsp3) is 0.400. The van der Waals surface area contributed by atoms with E-state index in [0.717, 1.165) is 30.7 Å². The molecule has 2 heterocycles. The highest BCUT2D eigenvalue weighted by Gasteiger charge is 2.31. The molecule has 0 bridgehead atoms. The zero-order chi connectivity index (χ0) is 15.1. The number of primary amides is 1.